The van der Waals surface area contributed by atoms with Crippen molar-refractivity contribution in [3.8, 4) is 0 Å². The number of benzene rings is 2. The molecule has 7 heteroatoms. The van der Waals surface area contributed by atoms with Crippen LogP contribution in [0.25, 0.3) is 0 Å². The first-order valence-corrected chi connectivity index (χ1v) is 10.0. The van der Waals surface area contributed by atoms with Crippen molar-refractivity contribution in [2.45, 2.75) is 19.5 Å². The summed E-state index contributed by atoms with van der Waals surface area (Å²) in [5.74, 6) is -0.722. The Morgan fingerprint density at radius 3 is 2.34 bits per heavy atom. The molecule has 0 radical (unpaired) electrons. The summed E-state index contributed by atoms with van der Waals surface area (Å²) in [6.07, 6.45) is 0.748. The fourth-order valence-electron chi connectivity index (χ4n) is 3.55. The number of hydrogen-bond donors (Lipinski definition) is 2. The Morgan fingerprint density at radius 1 is 1.03 bits per heavy atom. The van der Waals surface area contributed by atoms with Crippen molar-refractivity contribution in [2.24, 2.45) is 5.73 Å². The van der Waals surface area contributed by atoms with Gasteiger partial charge < -0.3 is 11.1 Å². The number of rotatable bonds is 5. The molecule has 1 aliphatic rings. The van der Waals surface area contributed by atoms with Gasteiger partial charge in [0.2, 0.25) is 0 Å². The number of carbonyl (C=O) groups excluding carboxylic acids is 2. The third-order valence-electron chi connectivity index (χ3n) is 4.89. The van der Waals surface area contributed by atoms with Gasteiger partial charge in [0.1, 0.15) is 5.00 Å². The van der Waals surface area contributed by atoms with Crippen molar-refractivity contribution in [2.75, 3.05) is 11.9 Å². The topological polar surface area (TPSA) is 75.4 Å². The molecule has 2 heterocycles. The zero-order valence-corrected chi connectivity index (χ0v) is 17.4. The Morgan fingerprint density at radius 2 is 1.69 bits per heavy atom. The maximum absolute atomic E-state index is 12.5. The van der Waals surface area contributed by atoms with Crippen LogP contribution in [-0.4, -0.2) is 23.3 Å². The van der Waals surface area contributed by atoms with Crippen LogP contribution in [0.3, 0.4) is 0 Å². The number of thiophene rings is 1. The van der Waals surface area contributed by atoms with Crippen LogP contribution < -0.4 is 11.1 Å². The third kappa shape index (κ3) is 4.67. The Bertz CT molecular complexity index is 1010. The van der Waals surface area contributed by atoms with E-state index in [0.717, 1.165) is 36.5 Å². The molecule has 0 saturated carbocycles. The van der Waals surface area contributed by atoms with Gasteiger partial charge in [0, 0.05) is 30.1 Å². The predicted octanol–water partition coefficient (Wildman–Crippen LogP) is 4.08. The highest BCUT2D eigenvalue weighted by atomic mass is 35.5. The van der Waals surface area contributed by atoms with E-state index in [-0.39, 0.29) is 18.3 Å². The van der Waals surface area contributed by atoms with Crippen LogP contribution in [0.2, 0.25) is 0 Å². The second-order valence-corrected chi connectivity index (χ2v) is 7.94. The molecule has 3 N–H and O–H groups in total. The van der Waals surface area contributed by atoms with E-state index in [0.29, 0.717) is 16.1 Å². The van der Waals surface area contributed by atoms with Crippen LogP contribution in [0.4, 0.5) is 5.00 Å². The molecule has 2 aromatic carbocycles. The molecule has 0 fully saturated rings. The lowest BCUT2D eigenvalue weighted by atomic mass is 10.0. The van der Waals surface area contributed by atoms with E-state index in [1.165, 1.54) is 16.9 Å². The molecule has 29 heavy (non-hydrogen) atoms. The van der Waals surface area contributed by atoms with Gasteiger partial charge in [-0.1, -0.05) is 48.5 Å². The van der Waals surface area contributed by atoms with Gasteiger partial charge in [-0.2, -0.15) is 0 Å². The van der Waals surface area contributed by atoms with Crippen LogP contribution in [0, 0.1) is 0 Å². The van der Waals surface area contributed by atoms with Gasteiger partial charge in [0.15, 0.2) is 0 Å². The summed E-state index contributed by atoms with van der Waals surface area (Å²) in [6, 6.07) is 19.3. The van der Waals surface area contributed by atoms with Crippen molar-refractivity contribution >= 4 is 40.6 Å². The van der Waals surface area contributed by atoms with Crippen LogP contribution in [0.15, 0.2) is 60.7 Å². The van der Waals surface area contributed by atoms with Gasteiger partial charge in [-0.25, -0.2) is 0 Å². The molecule has 0 spiro atoms. The summed E-state index contributed by atoms with van der Waals surface area (Å²) in [7, 11) is 0. The first-order chi connectivity index (χ1) is 13.6. The molecular weight excluding hydrogens is 406 g/mol. The van der Waals surface area contributed by atoms with Crippen molar-refractivity contribution in [1.29, 1.82) is 0 Å². The zero-order valence-electron chi connectivity index (χ0n) is 15.8. The maximum Gasteiger partial charge on any atom is 0.256 e. The highest BCUT2D eigenvalue weighted by molar-refractivity contribution is 7.17. The monoisotopic (exact) mass is 427 g/mol. The van der Waals surface area contributed by atoms with Gasteiger partial charge in [-0.3, -0.25) is 14.5 Å². The van der Waals surface area contributed by atoms with Gasteiger partial charge >= 0.3 is 0 Å². The van der Waals surface area contributed by atoms with Gasteiger partial charge in [-0.15, -0.1) is 23.7 Å². The van der Waals surface area contributed by atoms with E-state index in [4.69, 9.17) is 5.73 Å². The number of anilines is 1. The number of halogens is 1. The lowest BCUT2D eigenvalue weighted by Gasteiger charge is -2.27. The number of carbonyl (C=O) groups is 2. The van der Waals surface area contributed by atoms with E-state index >= 15 is 0 Å². The Kier molecular flexibility index (Phi) is 6.69. The second-order valence-electron chi connectivity index (χ2n) is 6.84. The molecule has 0 aliphatic carbocycles. The minimum Gasteiger partial charge on any atom is -0.365 e. The Balaban J connectivity index is 0.00000240. The normalized spacial score (nSPS) is 13.2. The van der Waals surface area contributed by atoms with E-state index in [1.54, 1.807) is 12.1 Å². The molecule has 3 aromatic rings. The van der Waals surface area contributed by atoms with E-state index in [2.05, 4.69) is 22.3 Å². The van der Waals surface area contributed by atoms with E-state index < -0.39 is 5.91 Å². The fraction of sp³-hybridized carbons (Fsp3) is 0.182. The average molecular weight is 428 g/mol. The summed E-state index contributed by atoms with van der Waals surface area (Å²) in [4.78, 5) is 28.1. The average Bonchev–Trinajstić information content (AvgIpc) is 3.06. The largest absolute Gasteiger partial charge is 0.365 e. The zero-order chi connectivity index (χ0) is 19.5. The van der Waals surface area contributed by atoms with Gasteiger partial charge in [-0.05, 0) is 29.7 Å². The number of amides is 2. The molecule has 0 saturated heterocycles. The Hall–Kier alpha value is -2.67. The summed E-state index contributed by atoms with van der Waals surface area (Å²) in [6.45, 7) is 2.46. The lowest BCUT2D eigenvalue weighted by Crippen LogP contribution is -2.30. The quantitative estimate of drug-likeness (QED) is 0.644. The predicted molar refractivity (Wildman–Crippen MR) is 119 cm³/mol. The number of fused-ring (bicyclic) bond motifs is 1. The van der Waals surface area contributed by atoms with Crippen molar-refractivity contribution in [1.82, 2.24) is 4.90 Å². The number of primary amides is 1. The van der Waals surface area contributed by atoms with Crippen LogP contribution in [0.5, 0.6) is 0 Å². The molecule has 150 valence electrons. The number of nitrogens with two attached hydrogens (primary N) is 1. The minimum atomic E-state index is -0.489. The maximum atomic E-state index is 12.5. The van der Waals surface area contributed by atoms with Crippen molar-refractivity contribution in [3.63, 3.8) is 0 Å². The molecule has 0 atom stereocenters. The minimum absolute atomic E-state index is 0. The first-order valence-electron chi connectivity index (χ1n) is 9.19. The molecule has 5 nitrogen and oxygen atoms in total. The lowest BCUT2D eigenvalue weighted by molar-refractivity contribution is 0.0999. The molecule has 4 rings (SSSR count). The van der Waals surface area contributed by atoms with Crippen LogP contribution in [-0.2, 0) is 19.5 Å². The summed E-state index contributed by atoms with van der Waals surface area (Å²) in [5.41, 5.74) is 8.91. The summed E-state index contributed by atoms with van der Waals surface area (Å²) in [5, 5.41) is 3.44. The Labute approximate surface area is 179 Å². The standard InChI is InChI=1S/C22H21N3O2S.ClH/c23-20(26)19-17-11-12-25(13-15-7-3-1-4-8-15)14-18(17)28-22(19)24-21(27)16-9-5-2-6-10-16;/h1-10H,11-14H2,(H2,23,26)(H,24,27);1H. The highest BCUT2D eigenvalue weighted by Crippen LogP contribution is 2.37. The fourth-order valence-corrected chi connectivity index (χ4v) is 4.84. The van der Waals surface area contributed by atoms with Gasteiger partial charge in [0.05, 0.1) is 5.56 Å². The smallest absolute Gasteiger partial charge is 0.256 e. The summed E-state index contributed by atoms with van der Waals surface area (Å²) < 4.78 is 0. The third-order valence-corrected chi connectivity index (χ3v) is 6.03. The molecule has 0 unspecified atom stereocenters. The number of hydrogen-bond acceptors (Lipinski definition) is 4. The molecule has 0 bridgehead atoms. The van der Waals surface area contributed by atoms with Crippen molar-refractivity contribution in [3.05, 3.63) is 87.8 Å². The number of nitrogens with one attached hydrogen (secondary N) is 1. The first kappa shape index (κ1) is 21.0. The van der Waals surface area contributed by atoms with Gasteiger partial charge in [0.25, 0.3) is 11.8 Å². The molecule has 2 amide bonds. The van der Waals surface area contributed by atoms with Crippen LogP contribution >= 0.6 is 23.7 Å². The van der Waals surface area contributed by atoms with Crippen molar-refractivity contribution < 1.29 is 9.59 Å². The molecular formula is C22H22ClN3O2S. The highest BCUT2D eigenvalue weighted by Gasteiger charge is 2.27. The number of nitrogens with zero attached hydrogens (tertiary/aromatic N) is 1. The molecule has 1 aliphatic heterocycles. The van der Waals surface area contributed by atoms with E-state index in [9.17, 15) is 9.59 Å². The van der Waals surface area contributed by atoms with E-state index in [1.807, 2.05) is 36.4 Å². The second kappa shape index (κ2) is 9.22. The molecule has 1 aromatic heterocycles. The van der Waals surface area contributed by atoms with Crippen LogP contribution in [0.1, 0.15) is 36.7 Å². The summed E-state index contributed by atoms with van der Waals surface area (Å²) >= 11 is 1.45. The SMILES string of the molecule is Cl.NC(=O)c1c(NC(=O)c2ccccc2)sc2c1CCN(Cc1ccccc1)C2.